The van der Waals surface area contributed by atoms with Crippen molar-refractivity contribution in [3.8, 4) is 44.8 Å². The van der Waals surface area contributed by atoms with E-state index in [-0.39, 0.29) is 0 Å². The normalized spacial score (nSPS) is 11.9. The zero-order valence-electron chi connectivity index (χ0n) is 30.9. The second kappa shape index (κ2) is 12.5. The van der Waals surface area contributed by atoms with E-state index in [0.29, 0.717) is 0 Å². The Hall–Kier alpha value is -7.62. The highest BCUT2D eigenvalue weighted by Gasteiger charge is 2.17. The highest BCUT2D eigenvalue weighted by molar-refractivity contribution is 6.12. The molecule has 0 atom stereocenters. The summed E-state index contributed by atoms with van der Waals surface area (Å²) in [4.78, 5) is 0. The van der Waals surface area contributed by atoms with E-state index in [4.69, 9.17) is 4.42 Å². The van der Waals surface area contributed by atoms with E-state index in [2.05, 4.69) is 203 Å². The molecular weight excluding hydrogens is 693 g/mol. The van der Waals surface area contributed by atoms with Crippen LogP contribution in [-0.2, 0) is 0 Å². The number of hydrogen-bond acceptors (Lipinski definition) is 1. The molecule has 0 N–H and O–H groups in total. The lowest BCUT2D eigenvalue weighted by atomic mass is 9.97. The minimum Gasteiger partial charge on any atom is -0.456 e. The maximum absolute atomic E-state index is 6.12. The number of fused-ring (bicyclic) bond motifs is 9. The molecule has 3 heterocycles. The average molecular weight is 727 g/mol. The zero-order chi connectivity index (χ0) is 37.5. The molecule has 3 heteroatoms. The molecule has 3 aromatic heterocycles. The number of rotatable bonds is 5. The number of furan rings is 1. The molecule has 0 fully saturated rings. The molecule has 0 saturated carbocycles. The highest BCUT2D eigenvalue weighted by atomic mass is 16.3. The molecule has 0 amide bonds. The van der Waals surface area contributed by atoms with Crippen molar-refractivity contribution < 1.29 is 4.42 Å². The number of benzene rings is 9. The van der Waals surface area contributed by atoms with Crippen LogP contribution >= 0.6 is 0 Å². The Balaban J connectivity index is 0.986. The van der Waals surface area contributed by atoms with Gasteiger partial charge in [-0.25, -0.2) is 0 Å². The van der Waals surface area contributed by atoms with Gasteiger partial charge in [0, 0.05) is 43.7 Å². The standard InChI is InChI=1S/C54H34N2O/c1-2-15-41(16-3-1)55-49-21-7-4-18-43(49)45-27-24-39(33-51(45)55)40-25-28-46-44-19-5-8-22-50(44)56(52(46)34-40)42-17-11-14-37(31-42)35-12-10-13-36(30-35)38-26-29-54-48(32-38)47-20-6-9-23-53(47)57-54/h1-34H. The van der Waals surface area contributed by atoms with Crippen LogP contribution in [-0.4, -0.2) is 9.13 Å². The van der Waals surface area contributed by atoms with Gasteiger partial charge < -0.3 is 13.6 Å². The first kappa shape index (κ1) is 31.7. The van der Waals surface area contributed by atoms with Crippen molar-refractivity contribution in [1.82, 2.24) is 9.13 Å². The molecule has 0 spiro atoms. The minimum absolute atomic E-state index is 0.911. The van der Waals surface area contributed by atoms with Gasteiger partial charge in [0.15, 0.2) is 0 Å². The Morgan fingerprint density at radius 2 is 0.702 bits per heavy atom. The Bertz CT molecular complexity index is 3530. The summed E-state index contributed by atoms with van der Waals surface area (Å²) in [6.07, 6.45) is 0. The smallest absolute Gasteiger partial charge is 0.135 e. The fraction of sp³-hybridized carbons (Fsp3) is 0. The van der Waals surface area contributed by atoms with Crippen LogP contribution in [0, 0.1) is 0 Å². The van der Waals surface area contributed by atoms with Gasteiger partial charge in [0.05, 0.1) is 22.1 Å². The molecule has 12 rings (SSSR count). The predicted octanol–water partition coefficient (Wildman–Crippen LogP) is 14.8. The summed E-state index contributed by atoms with van der Waals surface area (Å²) in [6, 6.07) is 74.6. The van der Waals surface area contributed by atoms with Crippen molar-refractivity contribution in [2.45, 2.75) is 0 Å². The fourth-order valence-electron chi connectivity index (χ4n) is 9.04. The highest BCUT2D eigenvalue weighted by Crippen LogP contribution is 2.39. The molecule has 266 valence electrons. The first-order valence-electron chi connectivity index (χ1n) is 19.5. The zero-order valence-corrected chi connectivity index (χ0v) is 30.9. The molecule has 0 unspecified atom stereocenters. The van der Waals surface area contributed by atoms with Gasteiger partial charge >= 0.3 is 0 Å². The predicted molar refractivity (Wildman–Crippen MR) is 239 cm³/mol. The van der Waals surface area contributed by atoms with Crippen molar-refractivity contribution in [3.63, 3.8) is 0 Å². The first-order chi connectivity index (χ1) is 28.2. The van der Waals surface area contributed by atoms with Crippen molar-refractivity contribution in [2.75, 3.05) is 0 Å². The second-order valence-electron chi connectivity index (χ2n) is 14.9. The summed E-state index contributed by atoms with van der Waals surface area (Å²) in [5.41, 5.74) is 16.0. The number of para-hydroxylation sites is 4. The summed E-state index contributed by atoms with van der Waals surface area (Å²) in [6.45, 7) is 0. The fourth-order valence-corrected chi connectivity index (χ4v) is 9.04. The van der Waals surface area contributed by atoms with Crippen LogP contribution in [0.25, 0.3) is 110 Å². The second-order valence-corrected chi connectivity index (χ2v) is 14.9. The first-order valence-corrected chi connectivity index (χ1v) is 19.5. The van der Waals surface area contributed by atoms with E-state index >= 15 is 0 Å². The van der Waals surface area contributed by atoms with Gasteiger partial charge in [-0.15, -0.1) is 0 Å². The molecule has 3 nitrogen and oxygen atoms in total. The molecule has 9 aromatic carbocycles. The summed E-state index contributed by atoms with van der Waals surface area (Å²) in [5, 5.41) is 7.28. The molecule has 0 aliphatic rings. The Morgan fingerprint density at radius 1 is 0.246 bits per heavy atom. The van der Waals surface area contributed by atoms with Gasteiger partial charge in [-0.05, 0) is 106 Å². The van der Waals surface area contributed by atoms with Crippen molar-refractivity contribution in [2.24, 2.45) is 0 Å². The van der Waals surface area contributed by atoms with Gasteiger partial charge in [0.25, 0.3) is 0 Å². The maximum atomic E-state index is 6.12. The Labute approximate surface area is 328 Å². The third kappa shape index (κ3) is 4.99. The van der Waals surface area contributed by atoms with Crippen molar-refractivity contribution in [1.29, 1.82) is 0 Å². The van der Waals surface area contributed by atoms with Crippen LogP contribution in [0.5, 0.6) is 0 Å². The molecule has 0 radical (unpaired) electrons. The van der Waals surface area contributed by atoms with Gasteiger partial charge in [0.2, 0.25) is 0 Å². The number of hydrogen-bond donors (Lipinski definition) is 0. The van der Waals surface area contributed by atoms with Crippen molar-refractivity contribution in [3.05, 3.63) is 206 Å². The summed E-state index contributed by atoms with van der Waals surface area (Å²) >= 11 is 0. The van der Waals surface area contributed by atoms with Crippen LogP contribution in [0.2, 0.25) is 0 Å². The molecule has 57 heavy (non-hydrogen) atoms. The Morgan fingerprint density at radius 3 is 1.39 bits per heavy atom. The van der Waals surface area contributed by atoms with Crippen LogP contribution in [0.4, 0.5) is 0 Å². The quantitative estimate of drug-likeness (QED) is 0.173. The number of nitrogens with zero attached hydrogens (tertiary/aromatic N) is 2. The topological polar surface area (TPSA) is 23.0 Å². The minimum atomic E-state index is 0.911. The lowest BCUT2D eigenvalue weighted by Gasteiger charge is -2.12. The molecule has 0 aliphatic heterocycles. The molecule has 0 bridgehead atoms. The summed E-state index contributed by atoms with van der Waals surface area (Å²) < 4.78 is 10.9. The van der Waals surface area contributed by atoms with Crippen LogP contribution in [0.15, 0.2) is 211 Å². The lowest BCUT2D eigenvalue weighted by Crippen LogP contribution is -1.95. The molecule has 12 aromatic rings. The van der Waals surface area contributed by atoms with E-state index in [1.807, 2.05) is 12.1 Å². The molecule has 0 aliphatic carbocycles. The van der Waals surface area contributed by atoms with E-state index < -0.39 is 0 Å². The van der Waals surface area contributed by atoms with Crippen LogP contribution < -0.4 is 0 Å². The number of aromatic nitrogens is 2. The maximum Gasteiger partial charge on any atom is 0.135 e. The summed E-state index contributed by atoms with van der Waals surface area (Å²) in [7, 11) is 0. The SMILES string of the molecule is c1ccc(-n2c3ccccc3c3ccc(-c4ccc5c6ccccc6n(-c6cccc(-c7cccc(-c8ccc9oc%10ccccc%10c9c8)c7)c6)c5c4)cc32)cc1. The third-order valence-corrected chi connectivity index (χ3v) is 11.7. The van der Waals surface area contributed by atoms with Gasteiger partial charge in [-0.2, -0.15) is 0 Å². The van der Waals surface area contributed by atoms with Crippen molar-refractivity contribution >= 4 is 65.6 Å². The van der Waals surface area contributed by atoms with Gasteiger partial charge in [-0.1, -0.05) is 133 Å². The van der Waals surface area contributed by atoms with E-state index in [9.17, 15) is 0 Å². The van der Waals surface area contributed by atoms with Crippen LogP contribution in [0.1, 0.15) is 0 Å². The monoisotopic (exact) mass is 726 g/mol. The molecular formula is C54H34N2O. The van der Waals surface area contributed by atoms with E-state index in [1.54, 1.807) is 0 Å². The average Bonchev–Trinajstić information content (AvgIpc) is 3.93. The van der Waals surface area contributed by atoms with E-state index in [0.717, 1.165) is 33.3 Å². The van der Waals surface area contributed by atoms with E-state index in [1.165, 1.54) is 77.0 Å². The Kier molecular flexibility index (Phi) is 6.93. The van der Waals surface area contributed by atoms with Gasteiger partial charge in [0.1, 0.15) is 11.2 Å². The summed E-state index contributed by atoms with van der Waals surface area (Å²) in [5.74, 6) is 0. The van der Waals surface area contributed by atoms with Crippen LogP contribution in [0.3, 0.4) is 0 Å². The lowest BCUT2D eigenvalue weighted by molar-refractivity contribution is 0.669. The largest absolute Gasteiger partial charge is 0.456 e. The third-order valence-electron chi connectivity index (χ3n) is 11.7. The molecule has 0 saturated heterocycles. The van der Waals surface area contributed by atoms with Gasteiger partial charge in [-0.3, -0.25) is 0 Å².